The van der Waals surface area contributed by atoms with E-state index < -0.39 is 35.6 Å². The molecule has 0 bridgehead atoms. The maximum Gasteiger partial charge on any atom is 0.327 e. The predicted molar refractivity (Wildman–Crippen MR) is 141 cm³/mol. The summed E-state index contributed by atoms with van der Waals surface area (Å²) in [6.45, 7) is 4.26. The van der Waals surface area contributed by atoms with Gasteiger partial charge in [-0.2, -0.15) is 0 Å². The van der Waals surface area contributed by atoms with Crippen LogP contribution in [0.2, 0.25) is 0 Å². The number of hydrogen-bond donors (Lipinski definition) is 3. The first-order valence-electron chi connectivity index (χ1n) is 12.0. The highest BCUT2D eigenvalue weighted by atomic mass is 35.5. The molecular formula is C26H37ClN4O5. The van der Waals surface area contributed by atoms with E-state index in [0.29, 0.717) is 32.5 Å². The number of nitrogens with two attached hydrogens (primary N) is 1. The highest BCUT2D eigenvalue weighted by Crippen LogP contribution is 2.23. The molecular weight excluding hydrogens is 484 g/mol. The topological polar surface area (TPSA) is 125 Å². The Morgan fingerprint density at radius 2 is 1.92 bits per heavy atom. The summed E-state index contributed by atoms with van der Waals surface area (Å²) in [4.78, 5) is 43.1. The van der Waals surface area contributed by atoms with Crippen molar-refractivity contribution in [2.75, 3.05) is 33.3 Å². The van der Waals surface area contributed by atoms with Gasteiger partial charge in [0.1, 0.15) is 11.6 Å². The van der Waals surface area contributed by atoms with Gasteiger partial charge in [0.15, 0.2) is 0 Å². The summed E-state index contributed by atoms with van der Waals surface area (Å²) in [5.41, 5.74) is 5.05. The molecule has 3 rings (SSSR count). The lowest BCUT2D eigenvalue weighted by atomic mass is 9.98. The van der Waals surface area contributed by atoms with Crippen LogP contribution in [-0.4, -0.2) is 83.8 Å². The van der Waals surface area contributed by atoms with Crippen LogP contribution in [0.25, 0.3) is 10.8 Å². The van der Waals surface area contributed by atoms with E-state index in [-0.39, 0.29) is 25.4 Å². The molecule has 10 heteroatoms. The van der Waals surface area contributed by atoms with Crippen LogP contribution in [0.3, 0.4) is 0 Å². The Morgan fingerprint density at radius 1 is 1.22 bits per heavy atom. The second-order valence-corrected chi connectivity index (χ2v) is 9.40. The van der Waals surface area contributed by atoms with Crippen LogP contribution in [0.1, 0.15) is 32.3 Å². The van der Waals surface area contributed by atoms with E-state index in [4.69, 9.17) is 10.5 Å². The number of nitrogens with zero attached hydrogens (tertiary/aromatic N) is 2. The summed E-state index contributed by atoms with van der Waals surface area (Å²) in [7, 11) is 1.39. The molecule has 4 N–H and O–H groups in total. The summed E-state index contributed by atoms with van der Waals surface area (Å²) in [6.07, 6.45) is 0.452. The first kappa shape index (κ1) is 29.5. The van der Waals surface area contributed by atoms with Crippen molar-refractivity contribution in [3.8, 4) is 0 Å². The van der Waals surface area contributed by atoms with E-state index >= 15 is 0 Å². The van der Waals surface area contributed by atoms with Gasteiger partial charge in [0, 0.05) is 33.2 Å². The number of fused-ring (bicyclic) bond motifs is 1. The van der Waals surface area contributed by atoms with Crippen LogP contribution in [0.5, 0.6) is 0 Å². The van der Waals surface area contributed by atoms with E-state index in [9.17, 15) is 19.5 Å². The van der Waals surface area contributed by atoms with Crippen molar-refractivity contribution < 1.29 is 24.2 Å². The fourth-order valence-corrected chi connectivity index (χ4v) is 4.13. The molecule has 4 amide bonds. The third-order valence-corrected chi connectivity index (χ3v) is 6.42. The molecule has 36 heavy (non-hydrogen) atoms. The Bertz CT molecular complexity index is 1060. The lowest BCUT2D eigenvalue weighted by Gasteiger charge is -2.36. The van der Waals surface area contributed by atoms with E-state index in [0.717, 1.165) is 21.2 Å². The summed E-state index contributed by atoms with van der Waals surface area (Å²) in [5.74, 6) is -1.06. The molecule has 0 aromatic heterocycles. The standard InChI is InChI=1S/C26H36N4O5.ClH/c1-26(2,35-3)24(33)30(25(34)29-14-11-21(31)17-29)22(23(32)28-13-6-12-27)16-18-9-10-19-7-4-5-8-20(19)15-18;/h4-5,7-10,15,21-22,31H,6,11-14,16-17,27H2,1-3H3,(H,28,32);1H/t21-,22-;/m1./s1. The molecule has 2 aromatic rings. The van der Waals surface area contributed by atoms with Crippen molar-refractivity contribution in [2.45, 2.75) is 50.9 Å². The van der Waals surface area contributed by atoms with Gasteiger partial charge >= 0.3 is 6.03 Å². The Balaban J connectivity index is 0.00000456. The second-order valence-electron chi connectivity index (χ2n) is 9.40. The summed E-state index contributed by atoms with van der Waals surface area (Å²) in [6, 6.07) is 11.9. The Labute approximate surface area is 218 Å². The van der Waals surface area contributed by atoms with Crippen LogP contribution < -0.4 is 11.1 Å². The molecule has 0 aliphatic carbocycles. The lowest BCUT2D eigenvalue weighted by Crippen LogP contribution is -2.61. The molecule has 1 heterocycles. The number of aliphatic hydroxyl groups is 1. The van der Waals surface area contributed by atoms with E-state index in [2.05, 4.69) is 5.32 Å². The third-order valence-electron chi connectivity index (χ3n) is 6.42. The number of methoxy groups -OCH3 is 1. The normalized spacial score (nSPS) is 16.4. The molecule has 198 valence electrons. The molecule has 0 unspecified atom stereocenters. The van der Waals surface area contributed by atoms with Gasteiger partial charge in [0.05, 0.1) is 6.10 Å². The average molecular weight is 521 g/mol. The molecule has 0 spiro atoms. The molecule has 2 aromatic carbocycles. The maximum atomic E-state index is 13.6. The number of benzene rings is 2. The van der Waals surface area contributed by atoms with Gasteiger partial charge < -0.3 is 25.8 Å². The summed E-state index contributed by atoms with van der Waals surface area (Å²) in [5, 5.41) is 14.9. The van der Waals surface area contributed by atoms with Crippen LogP contribution in [0, 0.1) is 0 Å². The zero-order valence-corrected chi connectivity index (χ0v) is 21.9. The largest absolute Gasteiger partial charge is 0.391 e. The highest BCUT2D eigenvalue weighted by molar-refractivity contribution is 6.03. The number of β-amino-alcohol motifs (C(OH)–C–C–N with tert-alkyl or cyclic N) is 1. The van der Waals surface area contributed by atoms with Gasteiger partial charge in [-0.15, -0.1) is 12.4 Å². The quantitative estimate of drug-likeness (QED) is 0.435. The van der Waals surface area contributed by atoms with Crippen LogP contribution in [0.4, 0.5) is 4.79 Å². The average Bonchev–Trinajstić information content (AvgIpc) is 3.29. The molecule has 0 radical (unpaired) electrons. The monoisotopic (exact) mass is 520 g/mol. The molecule has 9 nitrogen and oxygen atoms in total. The number of likely N-dealkylation sites (tertiary alicyclic amines) is 1. The lowest BCUT2D eigenvalue weighted by molar-refractivity contribution is -0.153. The fourth-order valence-electron chi connectivity index (χ4n) is 4.13. The third kappa shape index (κ3) is 6.94. The zero-order chi connectivity index (χ0) is 25.6. The first-order chi connectivity index (χ1) is 16.7. The SMILES string of the molecule is COC(C)(C)C(=O)N(C(=O)N1CC[C@@H](O)C1)[C@H](Cc1ccc2ccccc2c1)C(=O)NCCCN.Cl. The Kier molecular flexibility index (Phi) is 10.7. The number of carbonyl (C=O) groups is 3. The molecule has 2 atom stereocenters. The number of nitrogens with one attached hydrogen (secondary N) is 1. The number of rotatable bonds is 9. The van der Waals surface area contributed by atoms with Crippen LogP contribution in [-0.2, 0) is 20.7 Å². The number of carbonyl (C=O) groups excluding carboxylic acids is 3. The predicted octanol–water partition coefficient (Wildman–Crippen LogP) is 2.08. The minimum atomic E-state index is -1.34. The smallest absolute Gasteiger partial charge is 0.327 e. The highest BCUT2D eigenvalue weighted by Gasteiger charge is 2.44. The van der Waals surface area contributed by atoms with Crippen molar-refractivity contribution in [2.24, 2.45) is 5.73 Å². The van der Waals surface area contributed by atoms with Gasteiger partial charge in [-0.3, -0.25) is 9.59 Å². The number of amides is 4. The fraction of sp³-hybridized carbons (Fsp3) is 0.500. The van der Waals surface area contributed by atoms with Gasteiger partial charge in [0.25, 0.3) is 5.91 Å². The maximum absolute atomic E-state index is 13.6. The van der Waals surface area contributed by atoms with Crippen molar-refractivity contribution in [3.63, 3.8) is 0 Å². The van der Waals surface area contributed by atoms with Crippen molar-refractivity contribution in [3.05, 3.63) is 48.0 Å². The summed E-state index contributed by atoms with van der Waals surface area (Å²) < 4.78 is 5.39. The van der Waals surface area contributed by atoms with Crippen LogP contribution in [0.15, 0.2) is 42.5 Å². The van der Waals surface area contributed by atoms with Crippen molar-refractivity contribution >= 4 is 41.0 Å². The van der Waals surface area contributed by atoms with Crippen LogP contribution >= 0.6 is 12.4 Å². The number of urea groups is 1. The van der Waals surface area contributed by atoms with Gasteiger partial charge in [0.2, 0.25) is 5.91 Å². The van der Waals surface area contributed by atoms with E-state index in [1.807, 2.05) is 42.5 Å². The number of imide groups is 1. The molecule has 1 aliphatic rings. The molecule has 1 fully saturated rings. The van der Waals surface area contributed by atoms with Gasteiger partial charge in [-0.05, 0) is 49.6 Å². The Morgan fingerprint density at radius 3 is 2.53 bits per heavy atom. The van der Waals surface area contributed by atoms with Crippen molar-refractivity contribution in [1.82, 2.24) is 15.1 Å². The minimum Gasteiger partial charge on any atom is -0.391 e. The van der Waals surface area contributed by atoms with E-state index in [1.165, 1.54) is 12.0 Å². The van der Waals surface area contributed by atoms with E-state index in [1.54, 1.807) is 13.8 Å². The summed E-state index contributed by atoms with van der Waals surface area (Å²) >= 11 is 0. The van der Waals surface area contributed by atoms with Gasteiger partial charge in [-0.25, -0.2) is 9.69 Å². The molecule has 1 saturated heterocycles. The minimum absolute atomic E-state index is 0. The zero-order valence-electron chi connectivity index (χ0n) is 21.1. The van der Waals surface area contributed by atoms with Crippen molar-refractivity contribution in [1.29, 1.82) is 0 Å². The number of hydrogen-bond acceptors (Lipinski definition) is 6. The molecule has 0 saturated carbocycles. The molecule has 1 aliphatic heterocycles. The second kappa shape index (κ2) is 13.0. The number of ether oxygens (including phenoxy) is 1. The number of aliphatic hydroxyl groups excluding tert-OH is 1. The first-order valence-corrected chi connectivity index (χ1v) is 12.0. The number of halogens is 1. The van der Waals surface area contributed by atoms with Gasteiger partial charge in [-0.1, -0.05) is 42.5 Å². The Hall–Kier alpha value is -2.72.